The van der Waals surface area contributed by atoms with E-state index in [4.69, 9.17) is 28.4 Å². The number of rotatable bonds is 57. The van der Waals surface area contributed by atoms with E-state index < -0.39 is 0 Å². The molecule has 0 aromatic rings. The summed E-state index contributed by atoms with van der Waals surface area (Å²) in [5.74, 6) is 1.62. The summed E-state index contributed by atoms with van der Waals surface area (Å²) in [6, 6.07) is 0. The molecule has 0 saturated carbocycles. The Bertz CT molecular complexity index is 1230. The third-order valence-electron chi connectivity index (χ3n) is 14.4. The second-order valence-corrected chi connectivity index (χ2v) is 22.4. The first-order valence-electron chi connectivity index (χ1n) is 32.8. The Kier molecular flexibility index (Phi) is 70.0. The molecule has 9 nitrogen and oxygen atoms in total. The fourth-order valence-electron chi connectivity index (χ4n) is 9.44. The van der Waals surface area contributed by atoms with Crippen molar-refractivity contribution in [2.24, 2.45) is 17.8 Å². The molecule has 0 saturated heterocycles. The standard InChI is InChI=1S/2C25H48O4.C20H38O/c2*1-5-7-9-11-15-23(16-13-19-24(26)18-12-10-8-6-2)17-14-20-29-25(21-27-3)22-28-4;1-4-7-9-11-15-19(14-6-3)16-13-18-20(21)17-12-10-8-5-2/h2*13-14,16,20,23-26H,5-12,15,17-19,21-22H2,1-4H3;6,13,16,19-21H,3-5,7-12,14-15,17-18H2,1-2H3/b2*16-13+,20-14+;16-13+. The zero-order valence-corrected chi connectivity index (χ0v) is 53.8. The summed E-state index contributed by atoms with van der Waals surface area (Å²) >= 11 is 0. The molecule has 0 radical (unpaired) electrons. The second kappa shape index (κ2) is 68.3. The minimum Gasteiger partial charge on any atom is -0.494 e. The zero-order chi connectivity index (χ0) is 58.9. The molecule has 0 aliphatic rings. The van der Waals surface area contributed by atoms with Crippen molar-refractivity contribution in [3.8, 4) is 0 Å². The van der Waals surface area contributed by atoms with Crippen LogP contribution in [0.25, 0.3) is 0 Å². The van der Waals surface area contributed by atoms with Crippen molar-refractivity contribution in [2.45, 2.75) is 303 Å². The van der Waals surface area contributed by atoms with E-state index in [-0.39, 0.29) is 30.5 Å². The minimum absolute atomic E-state index is 0.0670. The van der Waals surface area contributed by atoms with Gasteiger partial charge < -0.3 is 43.7 Å². The van der Waals surface area contributed by atoms with Crippen molar-refractivity contribution in [1.29, 1.82) is 0 Å². The molecule has 0 rings (SSSR count). The van der Waals surface area contributed by atoms with E-state index in [9.17, 15) is 15.3 Å². The first-order valence-corrected chi connectivity index (χ1v) is 32.8. The summed E-state index contributed by atoms with van der Waals surface area (Å²) in [4.78, 5) is 0. The van der Waals surface area contributed by atoms with Crippen LogP contribution >= 0.6 is 0 Å². The number of allylic oxidation sites excluding steroid dienone is 6. The largest absolute Gasteiger partial charge is 0.494 e. The summed E-state index contributed by atoms with van der Waals surface area (Å²) in [6.07, 6.45) is 64.6. The summed E-state index contributed by atoms with van der Waals surface area (Å²) in [5.41, 5.74) is 0. The van der Waals surface area contributed by atoms with Gasteiger partial charge in [0.15, 0.2) is 0 Å². The normalized spacial score (nSPS) is 14.3. The molecule has 0 aromatic heterocycles. The number of aliphatic hydroxyl groups excluding tert-OH is 3. The van der Waals surface area contributed by atoms with E-state index in [2.05, 4.69) is 96.7 Å². The van der Waals surface area contributed by atoms with Crippen molar-refractivity contribution >= 4 is 0 Å². The molecule has 0 fully saturated rings. The van der Waals surface area contributed by atoms with Gasteiger partial charge in [0.25, 0.3) is 0 Å². The summed E-state index contributed by atoms with van der Waals surface area (Å²) in [6.45, 7) is 19.4. The van der Waals surface area contributed by atoms with Gasteiger partial charge in [0.1, 0.15) is 12.2 Å². The maximum absolute atomic E-state index is 10.2. The van der Waals surface area contributed by atoms with Crippen LogP contribution in [0.4, 0.5) is 0 Å². The molecule has 3 N–H and O–H groups in total. The Morgan fingerprint density at radius 3 is 0.810 bits per heavy atom. The first kappa shape index (κ1) is 81.0. The fraction of sp³-hybridized carbons (Fsp3) is 0.829. The summed E-state index contributed by atoms with van der Waals surface area (Å²) in [5, 5.41) is 30.3. The highest BCUT2D eigenvalue weighted by atomic mass is 16.6. The number of methoxy groups -OCH3 is 4. The third-order valence-corrected chi connectivity index (χ3v) is 14.4. The van der Waals surface area contributed by atoms with Crippen molar-refractivity contribution in [3.63, 3.8) is 0 Å². The summed E-state index contributed by atoms with van der Waals surface area (Å²) in [7, 11) is 6.69. The highest BCUT2D eigenvalue weighted by Crippen LogP contribution is 2.21. The van der Waals surface area contributed by atoms with Crippen LogP contribution in [0.3, 0.4) is 0 Å². The molecular weight excluding hydrogens is 985 g/mol. The summed E-state index contributed by atoms with van der Waals surface area (Å²) < 4.78 is 32.1. The van der Waals surface area contributed by atoms with Crippen molar-refractivity contribution in [2.75, 3.05) is 54.9 Å². The zero-order valence-electron chi connectivity index (χ0n) is 53.8. The van der Waals surface area contributed by atoms with Crippen LogP contribution in [0.1, 0.15) is 273 Å². The van der Waals surface area contributed by atoms with Crippen LogP contribution < -0.4 is 0 Å². The highest BCUT2D eigenvalue weighted by Gasteiger charge is 2.11. The molecule has 0 aliphatic carbocycles. The molecule has 79 heavy (non-hydrogen) atoms. The second-order valence-electron chi connectivity index (χ2n) is 22.4. The predicted molar refractivity (Wildman–Crippen MR) is 342 cm³/mol. The number of ether oxygens (including phenoxy) is 6. The molecule has 0 amide bonds. The molecule has 6 unspecified atom stereocenters. The Morgan fingerprint density at radius 2 is 0.570 bits per heavy atom. The molecule has 0 heterocycles. The Balaban J connectivity index is -0.00000111. The van der Waals surface area contributed by atoms with Gasteiger partial charge in [-0.05, 0) is 107 Å². The molecule has 0 aliphatic heterocycles. The monoisotopic (exact) mass is 1120 g/mol. The quantitative estimate of drug-likeness (QED) is 0.0311. The van der Waals surface area contributed by atoms with Crippen molar-refractivity contribution in [1.82, 2.24) is 0 Å². The molecule has 468 valence electrons. The molecule has 0 bridgehead atoms. The number of aliphatic hydroxyl groups is 3. The average Bonchev–Trinajstić information content (AvgIpc) is 3.44. The number of unbranched alkanes of at least 4 members (excludes halogenated alkanes) is 18. The van der Waals surface area contributed by atoms with E-state index in [1.807, 2.05) is 6.08 Å². The topological polar surface area (TPSA) is 116 Å². The van der Waals surface area contributed by atoms with Crippen LogP contribution in [0.5, 0.6) is 0 Å². The van der Waals surface area contributed by atoms with Crippen LogP contribution in [-0.2, 0) is 28.4 Å². The smallest absolute Gasteiger partial charge is 0.144 e. The van der Waals surface area contributed by atoms with Crippen LogP contribution in [0.2, 0.25) is 0 Å². The van der Waals surface area contributed by atoms with Gasteiger partial charge >= 0.3 is 0 Å². The molecular formula is C70H134O9. The van der Waals surface area contributed by atoms with Gasteiger partial charge in [-0.25, -0.2) is 0 Å². The van der Waals surface area contributed by atoms with Crippen molar-refractivity contribution in [3.05, 3.63) is 73.8 Å². The van der Waals surface area contributed by atoms with E-state index >= 15 is 0 Å². The lowest BCUT2D eigenvalue weighted by Gasteiger charge is -2.15. The van der Waals surface area contributed by atoms with Crippen molar-refractivity contribution < 1.29 is 43.7 Å². The van der Waals surface area contributed by atoms with Crippen LogP contribution in [0, 0.1) is 17.8 Å². The average molecular weight is 1120 g/mol. The SMILES string of the molecule is C=CCC(/C=C/CC(O)CCCCCC)CCCCCC.CCCCCCC(O)C/C=C/C(C/C=C/OC(COC)COC)CCCCCC.CCCCCCC(O)C/C=C/C(C/C=C/OC(COC)COC)CCCCCC. The van der Waals surface area contributed by atoms with E-state index in [0.717, 1.165) is 77.0 Å². The lowest BCUT2D eigenvalue weighted by Crippen LogP contribution is -2.22. The lowest BCUT2D eigenvalue weighted by atomic mass is 9.96. The lowest BCUT2D eigenvalue weighted by molar-refractivity contribution is 0.000187. The van der Waals surface area contributed by atoms with E-state index in [0.29, 0.717) is 44.2 Å². The van der Waals surface area contributed by atoms with E-state index in [1.165, 1.54) is 154 Å². The molecule has 0 spiro atoms. The minimum atomic E-state index is -0.202. The van der Waals surface area contributed by atoms with Gasteiger partial charge in [0.05, 0.1) is 57.3 Å². The van der Waals surface area contributed by atoms with Gasteiger partial charge in [-0.1, -0.05) is 238 Å². The van der Waals surface area contributed by atoms with Gasteiger partial charge in [0.2, 0.25) is 0 Å². The third kappa shape index (κ3) is 63.2. The van der Waals surface area contributed by atoms with Gasteiger partial charge in [-0.15, -0.1) is 6.58 Å². The predicted octanol–water partition coefficient (Wildman–Crippen LogP) is 19.3. The highest BCUT2D eigenvalue weighted by molar-refractivity contribution is 4.96. The van der Waals surface area contributed by atoms with Crippen LogP contribution in [0.15, 0.2) is 73.8 Å². The van der Waals surface area contributed by atoms with Gasteiger partial charge in [0, 0.05) is 28.4 Å². The molecule has 0 aromatic carbocycles. The molecule has 6 atom stereocenters. The molecule has 9 heteroatoms. The maximum Gasteiger partial charge on any atom is 0.144 e. The Hall–Kier alpha value is -2.24. The van der Waals surface area contributed by atoms with Gasteiger partial charge in [-0.2, -0.15) is 0 Å². The maximum atomic E-state index is 10.2. The first-order chi connectivity index (χ1) is 38.6. The Morgan fingerprint density at radius 1 is 0.316 bits per heavy atom. The van der Waals surface area contributed by atoms with Crippen LogP contribution in [-0.4, -0.2) is 101 Å². The van der Waals surface area contributed by atoms with E-state index in [1.54, 1.807) is 41.0 Å². The number of hydrogen-bond acceptors (Lipinski definition) is 9. The Labute approximate surface area is 491 Å². The van der Waals surface area contributed by atoms with Gasteiger partial charge in [-0.3, -0.25) is 0 Å². The fourth-order valence-corrected chi connectivity index (χ4v) is 9.44. The number of hydrogen-bond donors (Lipinski definition) is 3.